The highest BCUT2D eigenvalue weighted by atomic mass is 35.5. The SMILES string of the molecule is CN(Cc1cccc2c1OCCOCCOCCN(CCO[Si](C)(C)C(C)(C)C)S(=O)(=O)c1ccc(cc1)-c1cnc(N)c(n1)C(=O)N2)C(=O)OC(C)(C)C.CNCc1cccc2c1OCCOCCOCCN(CCO)S(=O)(=O)c1ccc(cc1)-c1cnc(N)c(n1)C(=O)N2.Cl. The van der Waals surface area contributed by atoms with E-state index in [4.69, 9.17) is 49.1 Å². The molecule has 6 heterocycles. The second-order valence-corrected chi connectivity index (χ2v) is 33.4. The summed E-state index contributed by atoms with van der Waals surface area (Å²) in [7, 11) is -6.56. The van der Waals surface area contributed by atoms with Gasteiger partial charge in [-0.25, -0.2) is 41.6 Å². The van der Waals surface area contributed by atoms with Crippen LogP contribution in [0.25, 0.3) is 22.5 Å². The normalized spacial score (nSPS) is 16.5. The Hall–Kier alpha value is -7.50. The minimum Gasteiger partial charge on any atom is -0.489 e. The quantitative estimate of drug-likeness (QED) is 0.0578. The Morgan fingerprint density at radius 1 is 0.649 bits per heavy atom. The number of carbonyl (C=O) groups is 3. The van der Waals surface area contributed by atoms with Crippen LogP contribution in [0, 0.1) is 0 Å². The number of aromatic nitrogens is 4. The van der Waals surface area contributed by atoms with E-state index < -0.39 is 51.9 Å². The zero-order valence-electron chi connectivity index (χ0n) is 56.5. The Morgan fingerprint density at radius 3 is 1.51 bits per heavy atom. The molecule has 0 spiro atoms. The molecule has 4 aromatic carbocycles. The number of nitrogens with zero attached hydrogens (tertiary/aromatic N) is 7. The number of benzene rings is 4. The van der Waals surface area contributed by atoms with Crippen LogP contribution in [0.2, 0.25) is 18.1 Å². The number of amides is 3. The fourth-order valence-corrected chi connectivity index (χ4v) is 13.2. The van der Waals surface area contributed by atoms with E-state index in [1.165, 1.54) is 45.9 Å². The molecule has 0 fully saturated rings. The highest BCUT2D eigenvalue weighted by Gasteiger charge is 2.38. The molecular weight excluding hydrogens is 1330 g/mol. The van der Waals surface area contributed by atoms with Gasteiger partial charge in [-0.3, -0.25) is 9.59 Å². The number of rotatable bonds is 10. The molecular formula is C65H91ClN12O16S2Si. The minimum atomic E-state index is -3.94. The molecule has 8 bridgehead atoms. The van der Waals surface area contributed by atoms with Crippen molar-refractivity contribution in [2.24, 2.45) is 0 Å². The first-order chi connectivity index (χ1) is 45.5. The van der Waals surface area contributed by atoms with Crippen LogP contribution in [-0.4, -0.2) is 207 Å². The summed E-state index contributed by atoms with van der Waals surface area (Å²) in [6.45, 7) is 18.7. The van der Waals surface area contributed by atoms with Crippen molar-refractivity contribution in [3.63, 3.8) is 0 Å². The number of nitrogen functional groups attached to an aromatic ring is 2. The molecule has 0 atom stereocenters. The lowest BCUT2D eigenvalue weighted by Gasteiger charge is -2.36. The Balaban J connectivity index is 0.000000316. The maximum Gasteiger partial charge on any atom is 0.410 e. The minimum absolute atomic E-state index is 0. The van der Waals surface area contributed by atoms with Gasteiger partial charge in [0, 0.05) is 68.6 Å². The zero-order chi connectivity index (χ0) is 69.8. The Kier molecular flexibility index (Phi) is 29.0. The fraction of sp³-hybridized carbons (Fsp3) is 0.462. The second-order valence-electron chi connectivity index (χ2n) is 24.7. The predicted octanol–water partition coefficient (Wildman–Crippen LogP) is 7.31. The number of anilines is 4. The van der Waals surface area contributed by atoms with Crippen molar-refractivity contribution in [1.29, 1.82) is 0 Å². The van der Waals surface area contributed by atoms with Gasteiger partial charge >= 0.3 is 6.09 Å². The van der Waals surface area contributed by atoms with E-state index in [-0.39, 0.29) is 162 Å². The maximum absolute atomic E-state index is 13.9. The molecule has 0 unspecified atom stereocenters. The molecule has 530 valence electrons. The number of sulfonamides is 2. The molecule has 4 aliphatic heterocycles. The highest BCUT2D eigenvalue weighted by Crippen LogP contribution is 2.37. The van der Waals surface area contributed by atoms with Crippen LogP contribution in [-0.2, 0) is 61.2 Å². The molecule has 8 N–H and O–H groups in total. The summed E-state index contributed by atoms with van der Waals surface area (Å²) in [5, 5.41) is 18.2. The van der Waals surface area contributed by atoms with Crippen molar-refractivity contribution < 1.29 is 73.9 Å². The first-order valence-electron chi connectivity index (χ1n) is 31.3. The standard InChI is InChI=1S/C38H56N6O9SSi.C27H34N6O7S.ClH/c1-37(2,3)53-36(46)43(7)26-28-11-10-12-30-33(28)51-24-23-50-22-21-49-19-17-44(18-20-52-55(8,9)38(4,5)6)54(47,48)29-15-13-27(14-16-29)31-25-40-34(39)32(41-31)35(45)42-30;1-29-17-20-3-2-4-22-25(20)40-16-15-39-14-13-38-12-10-33(9-11-34)41(36,37)21-7-5-19(6-8-21)23-18-30-26(28)24(31-23)27(35)32-22;/h10-16,25H,17-24,26H2,1-9H3,(H2,39,40)(H,42,45);2-8,18,29,34H,9-17H2,1H3,(H2,28,30)(H,32,35);1H. The molecule has 0 radical (unpaired) electrons. The smallest absolute Gasteiger partial charge is 0.410 e. The zero-order valence-corrected chi connectivity index (χ0v) is 60.0. The molecule has 28 nitrogen and oxygen atoms in total. The van der Waals surface area contributed by atoms with Crippen molar-refractivity contribution in [2.45, 2.75) is 88.2 Å². The average Bonchev–Trinajstić information content (AvgIpc) is 0.809. The topological polar surface area (TPSA) is 363 Å². The molecule has 4 aliphatic rings. The third-order valence-electron chi connectivity index (χ3n) is 15.4. The van der Waals surface area contributed by atoms with Gasteiger partial charge < -0.3 is 75.0 Å². The summed E-state index contributed by atoms with van der Waals surface area (Å²) in [5.41, 5.74) is 15.1. The van der Waals surface area contributed by atoms with Gasteiger partial charge in [0.25, 0.3) is 11.8 Å². The van der Waals surface area contributed by atoms with Crippen molar-refractivity contribution in [2.75, 3.05) is 142 Å². The van der Waals surface area contributed by atoms with E-state index in [0.29, 0.717) is 57.5 Å². The number of ether oxygens (including phenoxy) is 7. The number of carbonyl (C=O) groups excluding carboxylic acids is 3. The fourth-order valence-electron chi connectivity index (χ4n) is 9.30. The summed E-state index contributed by atoms with van der Waals surface area (Å²) in [5.74, 6) is -0.600. The summed E-state index contributed by atoms with van der Waals surface area (Å²) >= 11 is 0. The lowest BCUT2D eigenvalue weighted by molar-refractivity contribution is 0.0278. The van der Waals surface area contributed by atoms with Gasteiger partial charge in [-0.15, -0.1) is 12.4 Å². The van der Waals surface area contributed by atoms with E-state index >= 15 is 0 Å². The number of hydrogen-bond acceptors (Lipinski definition) is 23. The van der Waals surface area contributed by atoms with Crippen molar-refractivity contribution >= 4 is 81.7 Å². The van der Waals surface area contributed by atoms with Crippen LogP contribution in [0.1, 0.15) is 73.6 Å². The molecule has 10 rings (SSSR count). The number of hydrogen-bond donors (Lipinski definition) is 6. The van der Waals surface area contributed by atoms with Gasteiger partial charge in [0.2, 0.25) is 20.0 Å². The molecule has 97 heavy (non-hydrogen) atoms. The first-order valence-corrected chi connectivity index (χ1v) is 37.1. The predicted molar refractivity (Wildman–Crippen MR) is 372 cm³/mol. The Morgan fingerprint density at radius 2 is 1.07 bits per heavy atom. The number of aliphatic hydroxyl groups is 1. The summed E-state index contributed by atoms with van der Waals surface area (Å²) in [6, 6.07) is 22.8. The second kappa shape index (κ2) is 35.8. The van der Waals surface area contributed by atoms with Crippen LogP contribution >= 0.6 is 12.4 Å². The van der Waals surface area contributed by atoms with Crippen molar-refractivity contribution in [3.8, 4) is 34.0 Å². The van der Waals surface area contributed by atoms with Gasteiger partial charge in [-0.05, 0) is 82.3 Å². The van der Waals surface area contributed by atoms with Gasteiger partial charge in [-0.2, -0.15) is 8.61 Å². The number of nitrogens with two attached hydrogens (primary N) is 2. The molecule has 0 saturated carbocycles. The van der Waals surface area contributed by atoms with Crippen LogP contribution in [0.15, 0.2) is 107 Å². The number of halogens is 1. The molecule has 2 aromatic heterocycles. The summed E-state index contributed by atoms with van der Waals surface area (Å²) < 4.78 is 104. The van der Waals surface area contributed by atoms with Crippen molar-refractivity contribution in [1.82, 2.24) is 38.8 Å². The molecule has 3 amide bonds. The van der Waals surface area contributed by atoms with Crippen LogP contribution < -0.4 is 36.9 Å². The lowest BCUT2D eigenvalue weighted by Crippen LogP contribution is -2.44. The van der Waals surface area contributed by atoms with E-state index in [9.17, 15) is 36.3 Å². The molecule has 32 heteroatoms. The van der Waals surface area contributed by atoms with Crippen LogP contribution in [0.5, 0.6) is 11.5 Å². The monoisotopic (exact) mass is 1420 g/mol. The number of para-hydroxylation sites is 2. The van der Waals surface area contributed by atoms with Gasteiger partial charge in [-0.1, -0.05) is 69.3 Å². The van der Waals surface area contributed by atoms with Gasteiger partial charge in [0.15, 0.2) is 31.3 Å². The number of nitrogens with one attached hydrogen (secondary N) is 3. The van der Waals surface area contributed by atoms with Gasteiger partial charge in [0.05, 0.1) is 111 Å². The lowest BCUT2D eigenvalue weighted by atomic mass is 10.1. The number of aliphatic hydroxyl groups excluding tert-OH is 1. The number of fused-ring (bicyclic) bond motifs is 26. The summed E-state index contributed by atoms with van der Waals surface area (Å²) in [6.07, 6.45) is 2.30. The molecule has 0 aliphatic carbocycles. The first kappa shape index (κ1) is 78.5. The average molecular weight is 1420 g/mol. The van der Waals surface area contributed by atoms with Crippen LogP contribution in [0.4, 0.5) is 27.8 Å². The van der Waals surface area contributed by atoms with Gasteiger partial charge in [0.1, 0.15) is 30.3 Å². The third kappa shape index (κ3) is 22.0. The molecule has 0 saturated heterocycles. The molecule has 6 aromatic rings. The van der Waals surface area contributed by atoms with E-state index in [0.717, 1.165) is 9.87 Å². The Labute approximate surface area is 575 Å². The van der Waals surface area contributed by atoms with E-state index in [1.54, 1.807) is 82.4 Å². The van der Waals surface area contributed by atoms with Crippen molar-refractivity contribution in [3.05, 3.63) is 120 Å². The highest BCUT2D eigenvalue weighted by molar-refractivity contribution is 7.89. The Bertz CT molecular complexity index is 3830. The van der Waals surface area contributed by atoms with E-state index in [2.05, 4.69) is 69.8 Å². The largest absolute Gasteiger partial charge is 0.489 e. The third-order valence-corrected chi connectivity index (χ3v) is 23.8. The van der Waals surface area contributed by atoms with E-state index in [1.807, 2.05) is 13.1 Å². The van der Waals surface area contributed by atoms with Crippen LogP contribution in [0.3, 0.4) is 0 Å². The summed E-state index contributed by atoms with van der Waals surface area (Å²) in [4.78, 5) is 58.7. The maximum atomic E-state index is 13.9.